The standard InChI is InChI=1S/C11H16F3NOS/c1-8(2)15-5-9-3-4-10(17-9)6-16-7-11(12,13)14/h3-4,8,15H,5-7H2,1-2H3. The van der Waals surface area contributed by atoms with E-state index in [9.17, 15) is 13.2 Å². The van der Waals surface area contributed by atoms with Gasteiger partial charge in [-0.15, -0.1) is 11.3 Å². The van der Waals surface area contributed by atoms with E-state index in [1.165, 1.54) is 11.3 Å². The molecule has 0 unspecified atom stereocenters. The van der Waals surface area contributed by atoms with E-state index in [4.69, 9.17) is 0 Å². The highest BCUT2D eigenvalue weighted by Crippen LogP contribution is 2.20. The van der Waals surface area contributed by atoms with Gasteiger partial charge >= 0.3 is 6.18 Å². The molecular formula is C11H16F3NOS. The maximum absolute atomic E-state index is 11.8. The third-order valence-electron chi connectivity index (χ3n) is 1.91. The molecule has 0 atom stereocenters. The Morgan fingerprint density at radius 3 is 2.53 bits per heavy atom. The van der Waals surface area contributed by atoms with E-state index in [1.807, 2.05) is 19.9 Å². The molecule has 1 N–H and O–H groups in total. The molecule has 0 bridgehead atoms. The number of alkyl halides is 3. The lowest BCUT2D eigenvalue weighted by Crippen LogP contribution is -2.21. The molecule has 0 aliphatic carbocycles. The van der Waals surface area contributed by atoms with E-state index in [2.05, 4.69) is 10.1 Å². The summed E-state index contributed by atoms with van der Waals surface area (Å²) in [6.45, 7) is 3.65. The van der Waals surface area contributed by atoms with Crippen molar-refractivity contribution in [2.75, 3.05) is 6.61 Å². The van der Waals surface area contributed by atoms with Gasteiger partial charge in [-0.2, -0.15) is 13.2 Å². The second-order valence-electron chi connectivity index (χ2n) is 4.01. The maximum Gasteiger partial charge on any atom is 0.411 e. The van der Waals surface area contributed by atoms with E-state index >= 15 is 0 Å². The Kier molecular flexibility index (Phi) is 5.42. The average molecular weight is 267 g/mol. The minimum absolute atomic E-state index is 0.0197. The summed E-state index contributed by atoms with van der Waals surface area (Å²) in [6, 6.07) is 4.10. The predicted molar refractivity (Wildman–Crippen MR) is 62.0 cm³/mol. The molecule has 1 aromatic rings. The minimum atomic E-state index is -4.25. The van der Waals surface area contributed by atoms with Crippen LogP contribution in [0.15, 0.2) is 12.1 Å². The predicted octanol–water partition coefficient (Wildman–Crippen LogP) is 3.33. The van der Waals surface area contributed by atoms with Gasteiger partial charge < -0.3 is 10.1 Å². The van der Waals surface area contributed by atoms with Crippen molar-refractivity contribution in [1.82, 2.24) is 5.32 Å². The third kappa shape index (κ3) is 6.65. The van der Waals surface area contributed by atoms with Gasteiger partial charge in [-0.3, -0.25) is 0 Å². The summed E-state index contributed by atoms with van der Waals surface area (Å²) in [5, 5.41) is 3.25. The second kappa shape index (κ2) is 6.37. The van der Waals surface area contributed by atoms with Crippen LogP contribution in [0.1, 0.15) is 23.6 Å². The van der Waals surface area contributed by atoms with Crippen molar-refractivity contribution in [3.63, 3.8) is 0 Å². The summed E-state index contributed by atoms with van der Waals surface area (Å²) in [7, 11) is 0. The normalized spacial score (nSPS) is 12.4. The fraction of sp³-hybridized carbons (Fsp3) is 0.636. The molecule has 0 radical (unpaired) electrons. The van der Waals surface area contributed by atoms with E-state index in [-0.39, 0.29) is 6.61 Å². The minimum Gasteiger partial charge on any atom is -0.367 e. The van der Waals surface area contributed by atoms with E-state index in [1.54, 1.807) is 6.07 Å². The summed E-state index contributed by atoms with van der Waals surface area (Å²) >= 11 is 1.47. The zero-order valence-corrected chi connectivity index (χ0v) is 10.6. The van der Waals surface area contributed by atoms with Crippen molar-refractivity contribution < 1.29 is 17.9 Å². The number of hydrogen-bond acceptors (Lipinski definition) is 3. The molecule has 1 rings (SSSR count). The first kappa shape index (κ1) is 14.5. The lowest BCUT2D eigenvalue weighted by molar-refractivity contribution is -0.176. The first-order valence-corrected chi connectivity index (χ1v) is 6.14. The van der Waals surface area contributed by atoms with Crippen molar-refractivity contribution in [3.05, 3.63) is 21.9 Å². The van der Waals surface area contributed by atoms with E-state index < -0.39 is 12.8 Å². The summed E-state index contributed by atoms with van der Waals surface area (Å²) in [6.07, 6.45) is -4.25. The summed E-state index contributed by atoms with van der Waals surface area (Å²) in [5.41, 5.74) is 0. The van der Waals surface area contributed by atoms with Crippen LogP contribution >= 0.6 is 11.3 Å². The molecule has 0 saturated heterocycles. The molecule has 0 fully saturated rings. The average Bonchev–Trinajstić information content (AvgIpc) is 2.61. The zero-order chi connectivity index (χ0) is 12.9. The molecule has 0 saturated carbocycles. The Morgan fingerprint density at radius 2 is 1.94 bits per heavy atom. The molecule has 0 aromatic carbocycles. The van der Waals surface area contributed by atoms with Crippen LogP contribution in [0.5, 0.6) is 0 Å². The van der Waals surface area contributed by atoms with Gasteiger partial charge in [0.05, 0.1) is 6.61 Å². The number of nitrogens with one attached hydrogen (secondary N) is 1. The topological polar surface area (TPSA) is 21.3 Å². The van der Waals surface area contributed by atoms with Crippen molar-refractivity contribution in [3.8, 4) is 0 Å². The Bertz CT molecular complexity index is 336. The fourth-order valence-corrected chi connectivity index (χ4v) is 2.07. The Labute approximate surface area is 103 Å². The lowest BCUT2D eigenvalue weighted by atomic mass is 10.3. The van der Waals surface area contributed by atoms with Crippen molar-refractivity contribution >= 4 is 11.3 Å². The number of ether oxygens (including phenoxy) is 1. The number of halogens is 3. The number of rotatable bonds is 6. The second-order valence-corrected chi connectivity index (χ2v) is 5.26. The molecule has 0 aliphatic heterocycles. The van der Waals surface area contributed by atoms with Crippen LogP contribution in [-0.2, 0) is 17.9 Å². The van der Waals surface area contributed by atoms with E-state index in [0.29, 0.717) is 6.04 Å². The van der Waals surface area contributed by atoms with Gasteiger partial charge in [0, 0.05) is 22.3 Å². The number of thiophene rings is 1. The molecule has 6 heteroatoms. The molecule has 17 heavy (non-hydrogen) atoms. The first-order valence-electron chi connectivity index (χ1n) is 5.32. The van der Waals surface area contributed by atoms with Crippen LogP contribution in [0.25, 0.3) is 0 Å². The van der Waals surface area contributed by atoms with Crippen LogP contribution in [0.4, 0.5) is 13.2 Å². The molecular weight excluding hydrogens is 251 g/mol. The quantitative estimate of drug-likeness (QED) is 0.853. The molecule has 2 nitrogen and oxygen atoms in total. The zero-order valence-electron chi connectivity index (χ0n) is 9.80. The molecule has 0 amide bonds. The Morgan fingerprint density at radius 1 is 1.29 bits per heavy atom. The van der Waals surface area contributed by atoms with Gasteiger partial charge in [0.2, 0.25) is 0 Å². The first-order chi connectivity index (χ1) is 7.87. The van der Waals surface area contributed by atoms with Crippen LogP contribution < -0.4 is 5.32 Å². The highest BCUT2D eigenvalue weighted by Gasteiger charge is 2.27. The molecule has 98 valence electrons. The van der Waals surface area contributed by atoms with Gasteiger partial charge in [-0.25, -0.2) is 0 Å². The smallest absolute Gasteiger partial charge is 0.367 e. The maximum atomic E-state index is 11.8. The SMILES string of the molecule is CC(C)NCc1ccc(COCC(F)(F)F)s1. The third-order valence-corrected chi connectivity index (χ3v) is 2.97. The lowest BCUT2D eigenvalue weighted by Gasteiger charge is -2.06. The highest BCUT2D eigenvalue weighted by molar-refractivity contribution is 7.11. The monoisotopic (exact) mass is 267 g/mol. The van der Waals surface area contributed by atoms with Crippen LogP contribution in [-0.4, -0.2) is 18.8 Å². The van der Waals surface area contributed by atoms with Crippen molar-refractivity contribution in [2.45, 2.75) is 39.2 Å². The molecule has 0 spiro atoms. The molecule has 1 aromatic heterocycles. The Hall–Kier alpha value is -0.590. The van der Waals surface area contributed by atoms with Gasteiger partial charge in [0.15, 0.2) is 0 Å². The van der Waals surface area contributed by atoms with Gasteiger partial charge in [0.25, 0.3) is 0 Å². The van der Waals surface area contributed by atoms with E-state index in [0.717, 1.165) is 16.3 Å². The fourth-order valence-electron chi connectivity index (χ4n) is 1.17. The highest BCUT2D eigenvalue weighted by atomic mass is 32.1. The Balaban J connectivity index is 2.31. The largest absolute Gasteiger partial charge is 0.411 e. The number of hydrogen-bond donors (Lipinski definition) is 1. The molecule has 1 heterocycles. The van der Waals surface area contributed by atoms with Gasteiger partial charge in [-0.05, 0) is 12.1 Å². The van der Waals surface area contributed by atoms with Gasteiger partial charge in [-0.1, -0.05) is 13.8 Å². The van der Waals surface area contributed by atoms with Crippen molar-refractivity contribution in [2.24, 2.45) is 0 Å². The van der Waals surface area contributed by atoms with Gasteiger partial charge in [0.1, 0.15) is 6.61 Å². The summed E-state index contributed by atoms with van der Waals surface area (Å²) in [4.78, 5) is 1.92. The summed E-state index contributed by atoms with van der Waals surface area (Å²) in [5.74, 6) is 0. The van der Waals surface area contributed by atoms with Crippen LogP contribution in [0, 0.1) is 0 Å². The van der Waals surface area contributed by atoms with Crippen molar-refractivity contribution in [1.29, 1.82) is 0 Å². The van der Waals surface area contributed by atoms with Crippen LogP contribution in [0.3, 0.4) is 0 Å². The summed E-state index contributed by atoms with van der Waals surface area (Å²) < 4.78 is 40.1. The van der Waals surface area contributed by atoms with Crippen LogP contribution in [0.2, 0.25) is 0 Å². The molecule has 0 aliphatic rings.